The Morgan fingerprint density at radius 3 is 2.26 bits per heavy atom. The monoisotopic (exact) mass is 521 g/mol. The van der Waals surface area contributed by atoms with Gasteiger partial charge in [-0.2, -0.15) is 0 Å². The molecular weight excluding hydrogens is 506 g/mol. The summed E-state index contributed by atoms with van der Waals surface area (Å²) < 4.78 is 28.3. The van der Waals surface area contributed by atoms with Crippen molar-refractivity contribution in [1.29, 1.82) is 0 Å². The van der Waals surface area contributed by atoms with Crippen molar-refractivity contribution in [1.82, 2.24) is 9.29 Å². The van der Waals surface area contributed by atoms with Crippen molar-refractivity contribution < 1.29 is 18.0 Å². The van der Waals surface area contributed by atoms with Crippen LogP contribution in [0, 0.1) is 0 Å². The summed E-state index contributed by atoms with van der Waals surface area (Å²) in [7, 11) is -4.04. The average molecular weight is 522 g/mol. The fraction of sp³-hybridized carbons (Fsp3) is 0. The van der Waals surface area contributed by atoms with E-state index in [9.17, 15) is 18.0 Å². The Hall–Kier alpha value is -3.79. The number of hydrogen-bond donors (Lipinski definition) is 1. The second-order valence-electron chi connectivity index (χ2n) is 7.64. The highest BCUT2D eigenvalue weighted by Gasteiger charge is 2.35. The van der Waals surface area contributed by atoms with Gasteiger partial charge >= 0.3 is 0 Å². The molecule has 1 N–H and O–H groups in total. The first-order chi connectivity index (χ1) is 16.8. The third-order valence-electron chi connectivity index (χ3n) is 5.45. The molecule has 0 bridgehead atoms. The van der Waals surface area contributed by atoms with Crippen LogP contribution in [0.3, 0.4) is 0 Å². The fourth-order valence-electron chi connectivity index (χ4n) is 3.85. The highest BCUT2D eigenvalue weighted by molar-refractivity contribution is 7.90. The molecule has 0 radical (unpaired) electrons. The minimum atomic E-state index is -4.04. The normalized spacial score (nSPS) is 15.6. The van der Waals surface area contributed by atoms with Crippen molar-refractivity contribution in [3.8, 4) is 0 Å². The number of amides is 2. The van der Waals surface area contributed by atoms with Gasteiger partial charge in [-0.25, -0.2) is 12.4 Å². The van der Waals surface area contributed by atoms with Gasteiger partial charge in [0.25, 0.3) is 21.8 Å². The van der Waals surface area contributed by atoms with Crippen molar-refractivity contribution in [2.75, 3.05) is 4.90 Å². The lowest BCUT2D eigenvalue weighted by atomic mass is 10.1. The summed E-state index contributed by atoms with van der Waals surface area (Å²) >= 11 is 11.2. The Kier molecular flexibility index (Phi) is 5.76. The van der Waals surface area contributed by atoms with Gasteiger partial charge in [-0.1, -0.05) is 48.0 Å². The fourth-order valence-corrected chi connectivity index (χ4v) is 5.78. The van der Waals surface area contributed by atoms with E-state index in [0.29, 0.717) is 21.6 Å². The summed E-state index contributed by atoms with van der Waals surface area (Å²) in [5, 5.41) is 3.52. The summed E-state index contributed by atoms with van der Waals surface area (Å²) in [6.07, 6.45) is 1.27. The topological polar surface area (TPSA) is 88.5 Å². The minimum Gasteiger partial charge on any atom is -0.298 e. The Morgan fingerprint density at radius 2 is 1.54 bits per heavy atom. The highest BCUT2D eigenvalue weighted by atomic mass is 35.5. The van der Waals surface area contributed by atoms with Gasteiger partial charge in [-0.15, -0.1) is 0 Å². The molecule has 1 aliphatic heterocycles. The number of halogens is 1. The number of fused-ring (bicyclic) bond motifs is 1. The Morgan fingerprint density at radius 1 is 0.886 bits per heavy atom. The number of benzene rings is 3. The molecule has 10 heteroatoms. The molecule has 1 fully saturated rings. The SMILES string of the molecule is O=C1NC(=S)N(c2ccc(Cl)cc2)C(=O)/C1=C/c1cc2ccccc2n1S(=O)(=O)c1ccccc1. The molecule has 7 nitrogen and oxygen atoms in total. The maximum Gasteiger partial charge on any atom is 0.270 e. The van der Waals surface area contributed by atoms with E-state index in [1.807, 2.05) is 0 Å². The maximum absolute atomic E-state index is 13.6. The molecule has 3 aromatic carbocycles. The van der Waals surface area contributed by atoms with E-state index in [0.717, 1.165) is 8.87 Å². The zero-order valence-corrected chi connectivity index (χ0v) is 20.3. The van der Waals surface area contributed by atoms with Crippen molar-refractivity contribution in [3.63, 3.8) is 0 Å². The van der Waals surface area contributed by atoms with Gasteiger partial charge in [0.15, 0.2) is 5.11 Å². The Bertz CT molecular complexity index is 1640. The number of aromatic nitrogens is 1. The lowest BCUT2D eigenvalue weighted by molar-refractivity contribution is -0.122. The maximum atomic E-state index is 13.6. The molecule has 0 unspecified atom stereocenters. The highest BCUT2D eigenvalue weighted by Crippen LogP contribution is 2.29. The van der Waals surface area contributed by atoms with E-state index in [-0.39, 0.29) is 21.3 Å². The zero-order chi connectivity index (χ0) is 24.7. The molecule has 1 aromatic heterocycles. The summed E-state index contributed by atoms with van der Waals surface area (Å²) in [5.41, 5.74) is 0.711. The van der Waals surface area contributed by atoms with Gasteiger partial charge in [0, 0.05) is 10.4 Å². The summed E-state index contributed by atoms with van der Waals surface area (Å²) in [6, 6.07) is 22.8. The lowest BCUT2D eigenvalue weighted by Crippen LogP contribution is -2.54. The van der Waals surface area contributed by atoms with Crippen molar-refractivity contribution >= 4 is 73.4 Å². The van der Waals surface area contributed by atoms with Crippen LogP contribution in [0.25, 0.3) is 17.0 Å². The number of carbonyl (C=O) groups excluding carboxylic acids is 2. The van der Waals surface area contributed by atoms with Gasteiger partial charge < -0.3 is 0 Å². The number of thiocarbonyl (C=S) groups is 1. The standard InChI is InChI=1S/C25H16ClN3O4S2/c26-17-10-12-18(13-11-17)28-24(31)21(23(30)27-25(28)34)15-19-14-16-6-4-5-9-22(16)29(19)35(32,33)20-7-2-1-3-8-20/h1-15H,(H,27,30,34)/b21-15+. The van der Waals surface area contributed by atoms with Crippen LogP contribution in [-0.4, -0.2) is 29.3 Å². The third-order valence-corrected chi connectivity index (χ3v) is 7.75. The van der Waals surface area contributed by atoms with Crippen LogP contribution in [0.2, 0.25) is 5.02 Å². The molecule has 1 saturated heterocycles. The molecule has 2 amide bonds. The molecule has 2 heterocycles. The summed E-state index contributed by atoms with van der Waals surface area (Å²) in [4.78, 5) is 27.4. The molecular formula is C25H16ClN3O4S2. The molecule has 0 saturated carbocycles. The first kappa shape index (κ1) is 23.0. The van der Waals surface area contributed by atoms with Crippen LogP contribution in [0.15, 0.2) is 95.4 Å². The van der Waals surface area contributed by atoms with Crippen molar-refractivity contribution in [2.45, 2.75) is 4.90 Å². The van der Waals surface area contributed by atoms with E-state index in [1.54, 1.807) is 72.8 Å². The molecule has 35 heavy (non-hydrogen) atoms. The van der Waals surface area contributed by atoms with Crippen molar-refractivity contribution in [2.24, 2.45) is 0 Å². The number of anilines is 1. The van der Waals surface area contributed by atoms with Crippen molar-refractivity contribution in [3.05, 3.63) is 101 Å². The van der Waals surface area contributed by atoms with Crippen LogP contribution in [0.4, 0.5) is 5.69 Å². The first-order valence-corrected chi connectivity index (χ1v) is 12.6. The van der Waals surface area contributed by atoms with E-state index in [2.05, 4.69) is 5.32 Å². The lowest BCUT2D eigenvalue weighted by Gasteiger charge is -2.29. The number of rotatable bonds is 4. The smallest absolute Gasteiger partial charge is 0.270 e. The second-order valence-corrected chi connectivity index (χ2v) is 10.3. The molecule has 5 rings (SSSR count). The minimum absolute atomic E-state index is 0.0735. The zero-order valence-electron chi connectivity index (χ0n) is 17.9. The molecule has 0 spiro atoms. The Balaban J connectivity index is 1.69. The number of para-hydroxylation sites is 1. The van der Waals surface area contributed by atoms with Gasteiger partial charge in [-0.05, 0) is 66.8 Å². The quantitative estimate of drug-likeness (QED) is 0.245. The van der Waals surface area contributed by atoms with E-state index >= 15 is 0 Å². The van der Waals surface area contributed by atoms with Gasteiger partial charge in [0.05, 0.1) is 21.8 Å². The molecule has 4 aromatic rings. The van der Waals surface area contributed by atoms with Gasteiger partial charge in [0.1, 0.15) is 5.57 Å². The van der Waals surface area contributed by atoms with Gasteiger partial charge in [0.2, 0.25) is 0 Å². The van der Waals surface area contributed by atoms with Crippen LogP contribution >= 0.6 is 23.8 Å². The summed E-state index contributed by atoms with van der Waals surface area (Å²) in [5.74, 6) is -1.41. The number of carbonyl (C=O) groups is 2. The second kappa shape index (κ2) is 8.77. The molecule has 0 atom stereocenters. The van der Waals surface area contributed by atoms with Gasteiger partial charge in [-0.3, -0.25) is 19.8 Å². The van der Waals surface area contributed by atoms with E-state index < -0.39 is 21.8 Å². The third kappa shape index (κ3) is 4.03. The summed E-state index contributed by atoms with van der Waals surface area (Å²) in [6.45, 7) is 0. The van der Waals surface area contributed by atoms with Crippen LogP contribution in [0.1, 0.15) is 5.69 Å². The van der Waals surface area contributed by atoms with Crippen LogP contribution in [-0.2, 0) is 19.6 Å². The largest absolute Gasteiger partial charge is 0.298 e. The predicted molar refractivity (Wildman–Crippen MR) is 139 cm³/mol. The van der Waals surface area contributed by atoms with Crippen LogP contribution < -0.4 is 10.2 Å². The Labute approximate surface area is 211 Å². The molecule has 0 aliphatic carbocycles. The van der Waals surface area contributed by atoms with E-state index in [1.165, 1.54) is 18.2 Å². The number of nitrogens with one attached hydrogen (secondary N) is 1. The predicted octanol–water partition coefficient (Wildman–Crippen LogP) is 4.36. The molecule has 174 valence electrons. The average Bonchev–Trinajstić information content (AvgIpc) is 3.22. The van der Waals surface area contributed by atoms with E-state index in [4.69, 9.17) is 23.8 Å². The number of nitrogens with zero attached hydrogens (tertiary/aromatic N) is 2. The first-order valence-electron chi connectivity index (χ1n) is 10.4. The molecule has 1 aliphatic rings. The van der Waals surface area contributed by atoms with Crippen LogP contribution in [0.5, 0.6) is 0 Å². The number of hydrogen-bond acceptors (Lipinski definition) is 5.